The highest BCUT2D eigenvalue weighted by Gasteiger charge is 2.26. The Hall–Kier alpha value is -2.61. The fraction of sp³-hybridized carbons (Fsp3) is 0.400. The summed E-state index contributed by atoms with van der Waals surface area (Å²) in [6.45, 7) is 3.66. The van der Waals surface area contributed by atoms with Crippen LogP contribution in [0.4, 0.5) is 0 Å². The lowest BCUT2D eigenvalue weighted by Crippen LogP contribution is -2.18. The van der Waals surface area contributed by atoms with Crippen molar-refractivity contribution in [3.63, 3.8) is 0 Å². The molecule has 0 amide bonds. The Bertz CT molecular complexity index is 1170. The van der Waals surface area contributed by atoms with Crippen LogP contribution in [0.5, 0.6) is 11.5 Å². The van der Waals surface area contributed by atoms with Gasteiger partial charge in [0.05, 0.1) is 5.56 Å². The van der Waals surface area contributed by atoms with Crippen molar-refractivity contribution in [2.75, 3.05) is 0 Å². The average Bonchev–Trinajstić information content (AvgIpc) is 3.26. The molecule has 4 N–H and O–H groups in total. The van der Waals surface area contributed by atoms with Gasteiger partial charge >= 0.3 is 13.5 Å². The lowest BCUT2D eigenvalue weighted by atomic mass is 9.96. The van der Waals surface area contributed by atoms with E-state index < -0.39 is 13.5 Å². The van der Waals surface area contributed by atoms with Gasteiger partial charge in [0.15, 0.2) is 5.82 Å². The summed E-state index contributed by atoms with van der Waals surface area (Å²) in [6, 6.07) is 2.71. The molecule has 0 unspecified atom stereocenters. The van der Waals surface area contributed by atoms with Gasteiger partial charge in [-0.25, -0.2) is 19.0 Å². The molecule has 0 spiro atoms. The molecule has 1 aromatic carbocycles. The third kappa shape index (κ3) is 3.88. The second-order valence-corrected chi connectivity index (χ2v) is 9.11. The van der Waals surface area contributed by atoms with Gasteiger partial charge in [-0.3, -0.25) is 9.79 Å². The Balaban J connectivity index is 1.84. The second kappa shape index (κ2) is 7.58. The van der Waals surface area contributed by atoms with E-state index in [2.05, 4.69) is 10.2 Å². The van der Waals surface area contributed by atoms with Crippen LogP contribution in [0.25, 0.3) is 17.1 Å². The Morgan fingerprint density at radius 3 is 2.67 bits per heavy atom. The maximum Gasteiger partial charge on any atom is 0.524 e. The zero-order valence-corrected chi connectivity index (χ0v) is 17.6. The molecule has 0 bridgehead atoms. The summed E-state index contributed by atoms with van der Waals surface area (Å²) in [5, 5.41) is 17.2. The van der Waals surface area contributed by atoms with Crippen molar-refractivity contribution in [3.05, 3.63) is 45.4 Å². The molecule has 0 saturated carbocycles. The summed E-state index contributed by atoms with van der Waals surface area (Å²) in [5.41, 5.74) is 3.88. The van der Waals surface area contributed by atoms with Crippen LogP contribution in [0.3, 0.4) is 0 Å². The van der Waals surface area contributed by atoms with Crippen LogP contribution in [0.2, 0.25) is 0 Å². The normalized spacial score (nSPS) is 16.8. The van der Waals surface area contributed by atoms with E-state index in [0.717, 1.165) is 37.4 Å². The molecule has 0 aliphatic heterocycles. The number of hydrogen-bond acceptors (Lipinski definition) is 5. The molecular formula is C20H24N3O6P. The largest absolute Gasteiger partial charge is 0.524 e. The van der Waals surface area contributed by atoms with E-state index in [-0.39, 0.29) is 28.8 Å². The molecule has 1 heterocycles. The van der Waals surface area contributed by atoms with Crippen molar-refractivity contribution in [2.45, 2.75) is 51.9 Å². The predicted octanol–water partition coefficient (Wildman–Crippen LogP) is 3.65. The van der Waals surface area contributed by atoms with Crippen LogP contribution < -0.4 is 10.2 Å². The van der Waals surface area contributed by atoms with Gasteiger partial charge in [-0.15, -0.1) is 0 Å². The molecule has 160 valence electrons. The van der Waals surface area contributed by atoms with Crippen molar-refractivity contribution in [3.8, 4) is 22.9 Å². The Labute approximate surface area is 173 Å². The number of phosphoric ester groups is 1. The van der Waals surface area contributed by atoms with E-state index in [1.54, 1.807) is 6.07 Å². The molecular weight excluding hydrogens is 409 g/mol. The Kier molecular flexibility index (Phi) is 5.22. The summed E-state index contributed by atoms with van der Waals surface area (Å²) in [4.78, 5) is 30.9. The average molecular weight is 433 g/mol. The third-order valence-electron chi connectivity index (χ3n) is 5.57. The van der Waals surface area contributed by atoms with Gasteiger partial charge in [0, 0.05) is 11.8 Å². The van der Waals surface area contributed by atoms with E-state index in [1.807, 2.05) is 19.9 Å². The van der Waals surface area contributed by atoms with Gasteiger partial charge in [0.1, 0.15) is 11.5 Å². The monoisotopic (exact) mass is 433 g/mol. The van der Waals surface area contributed by atoms with Gasteiger partial charge in [-0.05, 0) is 61.3 Å². The predicted molar refractivity (Wildman–Crippen MR) is 111 cm³/mol. The number of phosphoric acid groups is 1. The fourth-order valence-corrected chi connectivity index (χ4v) is 4.60. The molecule has 0 saturated heterocycles. The van der Waals surface area contributed by atoms with E-state index in [0.29, 0.717) is 12.0 Å². The number of aromatic amines is 1. The first kappa shape index (κ1) is 20.7. The van der Waals surface area contributed by atoms with E-state index in [9.17, 15) is 24.3 Å². The lowest BCUT2D eigenvalue weighted by molar-refractivity contribution is 0.281. The number of nitrogens with zero attached hydrogens (tertiary/aromatic N) is 2. The van der Waals surface area contributed by atoms with Gasteiger partial charge in [-0.1, -0.05) is 19.4 Å². The summed E-state index contributed by atoms with van der Waals surface area (Å²) >= 11 is 0. The summed E-state index contributed by atoms with van der Waals surface area (Å²) in [5.74, 6) is -0.317. The number of phenols is 1. The third-order valence-corrected chi connectivity index (χ3v) is 6.00. The molecule has 1 aromatic heterocycles. The number of aromatic hydroxyl groups is 1. The molecule has 10 heteroatoms. The summed E-state index contributed by atoms with van der Waals surface area (Å²) < 4.78 is 17.5. The van der Waals surface area contributed by atoms with Crippen LogP contribution in [-0.4, -0.2) is 29.7 Å². The SMILES string of the molecule is CC(C)c1cc(-c2n[nH]c(=O)n2C2=CC3=C(CCC3)CC2)c(O)cc1OP(=O)(O)O. The highest BCUT2D eigenvalue weighted by Crippen LogP contribution is 2.45. The quantitative estimate of drug-likeness (QED) is 0.528. The van der Waals surface area contributed by atoms with Crippen LogP contribution in [-0.2, 0) is 4.57 Å². The highest BCUT2D eigenvalue weighted by molar-refractivity contribution is 7.46. The van der Waals surface area contributed by atoms with Gasteiger partial charge in [0.25, 0.3) is 0 Å². The van der Waals surface area contributed by atoms with Crippen molar-refractivity contribution in [1.29, 1.82) is 0 Å². The number of hydrogen-bond donors (Lipinski definition) is 4. The van der Waals surface area contributed by atoms with Crippen molar-refractivity contribution in [1.82, 2.24) is 14.8 Å². The molecule has 2 aromatic rings. The topological polar surface area (TPSA) is 138 Å². The minimum absolute atomic E-state index is 0.110. The first-order chi connectivity index (χ1) is 14.1. The van der Waals surface area contributed by atoms with Crippen molar-refractivity contribution >= 4 is 13.5 Å². The van der Waals surface area contributed by atoms with Gasteiger partial charge < -0.3 is 9.63 Å². The molecule has 0 radical (unpaired) electrons. The van der Waals surface area contributed by atoms with E-state index in [4.69, 9.17) is 4.52 Å². The molecule has 9 nitrogen and oxygen atoms in total. The number of rotatable bonds is 5. The van der Waals surface area contributed by atoms with Gasteiger partial charge in [0.2, 0.25) is 0 Å². The first-order valence-corrected chi connectivity index (χ1v) is 11.4. The van der Waals surface area contributed by atoms with E-state index >= 15 is 0 Å². The molecule has 0 fully saturated rings. The number of allylic oxidation sites excluding steroid dienone is 4. The Morgan fingerprint density at radius 1 is 1.20 bits per heavy atom. The molecule has 0 atom stereocenters. The second-order valence-electron chi connectivity index (χ2n) is 7.95. The highest BCUT2D eigenvalue weighted by atomic mass is 31.2. The maximum atomic E-state index is 12.6. The molecule has 30 heavy (non-hydrogen) atoms. The lowest BCUT2D eigenvalue weighted by Gasteiger charge is -2.19. The molecule has 2 aliphatic rings. The zero-order valence-electron chi connectivity index (χ0n) is 16.8. The van der Waals surface area contributed by atoms with Crippen LogP contribution in [0.15, 0.2) is 34.1 Å². The number of benzene rings is 1. The zero-order chi connectivity index (χ0) is 21.6. The van der Waals surface area contributed by atoms with Crippen molar-refractivity contribution < 1.29 is 24.0 Å². The number of H-pyrrole nitrogens is 1. The smallest absolute Gasteiger partial charge is 0.507 e. The van der Waals surface area contributed by atoms with Crippen LogP contribution in [0, 0.1) is 0 Å². The number of aromatic nitrogens is 3. The van der Waals surface area contributed by atoms with Crippen LogP contribution in [0.1, 0.15) is 57.4 Å². The standard InChI is InChI=1S/C20H24N3O6P/c1-11(2)15-9-16(17(24)10-18(15)29-30(26,27)28)19-21-22-20(25)23(19)14-7-6-12-4-3-5-13(12)8-14/h8-11,24H,3-7H2,1-2H3,(H,22,25)(H2,26,27,28). The number of phenolic OH excluding ortho intramolecular Hbond substituents is 1. The van der Waals surface area contributed by atoms with Crippen LogP contribution >= 0.6 is 7.82 Å². The first-order valence-electron chi connectivity index (χ1n) is 9.85. The molecule has 4 rings (SSSR count). The summed E-state index contributed by atoms with van der Waals surface area (Å²) in [7, 11) is -4.80. The molecule has 2 aliphatic carbocycles. The Morgan fingerprint density at radius 2 is 1.97 bits per heavy atom. The van der Waals surface area contributed by atoms with Crippen molar-refractivity contribution in [2.24, 2.45) is 0 Å². The number of nitrogens with one attached hydrogen (secondary N) is 1. The minimum Gasteiger partial charge on any atom is -0.507 e. The minimum atomic E-state index is -4.80. The summed E-state index contributed by atoms with van der Waals surface area (Å²) in [6.07, 6.45) is 6.86. The van der Waals surface area contributed by atoms with Gasteiger partial charge in [-0.2, -0.15) is 5.10 Å². The van der Waals surface area contributed by atoms with E-state index in [1.165, 1.54) is 15.7 Å². The fourth-order valence-electron chi connectivity index (χ4n) is 4.19. The maximum absolute atomic E-state index is 12.6.